The van der Waals surface area contributed by atoms with E-state index in [0.29, 0.717) is 32.4 Å². The number of carbonyl (C=O) groups is 3. The molecule has 0 aliphatic carbocycles. The first kappa shape index (κ1) is 23.3. The van der Waals surface area contributed by atoms with Gasteiger partial charge >= 0.3 is 5.97 Å². The third kappa shape index (κ3) is 4.22. The summed E-state index contributed by atoms with van der Waals surface area (Å²) in [6.45, 7) is 7.02. The van der Waals surface area contributed by atoms with Gasteiger partial charge in [-0.2, -0.15) is 0 Å². The number of esters is 1. The van der Waals surface area contributed by atoms with Crippen LogP contribution in [-0.2, 0) is 9.53 Å². The maximum Gasteiger partial charge on any atom is 0.338 e. The van der Waals surface area contributed by atoms with Crippen LogP contribution in [0.5, 0.6) is 0 Å². The van der Waals surface area contributed by atoms with E-state index in [2.05, 4.69) is 9.97 Å². The number of pyridine rings is 1. The third-order valence-corrected chi connectivity index (χ3v) is 6.36. The second kappa shape index (κ2) is 9.18. The number of aliphatic hydroxyl groups excluding tert-OH is 1. The Labute approximate surface area is 200 Å². The van der Waals surface area contributed by atoms with E-state index in [1.54, 1.807) is 76.5 Å². The molecule has 1 aliphatic heterocycles. The summed E-state index contributed by atoms with van der Waals surface area (Å²) in [7, 11) is 0. The van der Waals surface area contributed by atoms with Crippen LogP contribution in [0.2, 0.25) is 0 Å². The van der Waals surface area contributed by atoms with Crippen molar-refractivity contribution in [2.75, 3.05) is 4.90 Å². The zero-order chi connectivity index (χ0) is 24.6. The summed E-state index contributed by atoms with van der Waals surface area (Å²) in [4.78, 5) is 49.1. The van der Waals surface area contributed by atoms with Gasteiger partial charge in [-0.1, -0.05) is 6.07 Å². The first-order valence-electron chi connectivity index (χ1n) is 10.7. The van der Waals surface area contributed by atoms with Crippen molar-refractivity contribution in [2.45, 2.75) is 39.8 Å². The number of ether oxygens (including phenoxy) is 1. The Morgan fingerprint density at radius 2 is 1.85 bits per heavy atom. The summed E-state index contributed by atoms with van der Waals surface area (Å²) >= 11 is 1.21. The van der Waals surface area contributed by atoms with Crippen molar-refractivity contribution in [2.24, 2.45) is 0 Å². The molecule has 0 saturated heterocycles. The van der Waals surface area contributed by atoms with E-state index in [4.69, 9.17) is 4.74 Å². The number of rotatable bonds is 6. The van der Waals surface area contributed by atoms with Gasteiger partial charge in [-0.05, 0) is 63.6 Å². The lowest BCUT2D eigenvalue weighted by Gasteiger charge is -2.26. The van der Waals surface area contributed by atoms with Gasteiger partial charge in [-0.3, -0.25) is 19.5 Å². The van der Waals surface area contributed by atoms with Crippen molar-refractivity contribution < 1.29 is 24.2 Å². The first-order valence-corrected chi connectivity index (χ1v) is 11.5. The van der Waals surface area contributed by atoms with E-state index in [1.165, 1.54) is 16.2 Å². The summed E-state index contributed by atoms with van der Waals surface area (Å²) < 4.78 is 5.22. The molecule has 0 radical (unpaired) electrons. The minimum atomic E-state index is -0.899. The number of hydrogen-bond acceptors (Lipinski definition) is 8. The number of benzene rings is 1. The molecule has 9 heteroatoms. The fourth-order valence-corrected chi connectivity index (χ4v) is 4.74. The molecule has 0 spiro atoms. The number of carbonyl (C=O) groups excluding carboxylic acids is 3. The molecule has 2 aromatic heterocycles. The Balaban J connectivity index is 1.78. The van der Waals surface area contributed by atoms with E-state index in [-0.39, 0.29) is 11.7 Å². The molecule has 1 atom stereocenters. The van der Waals surface area contributed by atoms with Crippen LogP contribution in [0, 0.1) is 13.8 Å². The van der Waals surface area contributed by atoms with Gasteiger partial charge in [0.05, 0.1) is 38.9 Å². The number of aryl methyl sites for hydroxylation is 2. The molecule has 0 fully saturated rings. The molecule has 0 saturated carbocycles. The molecule has 8 nitrogen and oxygen atoms in total. The highest BCUT2D eigenvalue weighted by atomic mass is 32.1. The molecule has 1 aromatic carbocycles. The maximum atomic E-state index is 13.5. The molecular formula is C25H23N3O5S. The normalized spacial score (nSPS) is 15.9. The number of anilines is 1. The first-order chi connectivity index (χ1) is 16.2. The highest BCUT2D eigenvalue weighted by Gasteiger charge is 2.45. The molecule has 174 valence electrons. The van der Waals surface area contributed by atoms with Crippen molar-refractivity contribution >= 4 is 34.7 Å². The molecule has 0 bridgehead atoms. The zero-order valence-corrected chi connectivity index (χ0v) is 19.9. The van der Waals surface area contributed by atoms with E-state index in [0.717, 1.165) is 0 Å². The van der Waals surface area contributed by atoms with Gasteiger partial charge in [0.2, 0.25) is 5.78 Å². The Morgan fingerprint density at radius 3 is 2.41 bits per heavy atom. The molecule has 34 heavy (non-hydrogen) atoms. The summed E-state index contributed by atoms with van der Waals surface area (Å²) in [5.41, 5.74) is 1.80. The van der Waals surface area contributed by atoms with Gasteiger partial charge in [0.15, 0.2) is 5.76 Å². The monoisotopic (exact) mass is 477 g/mol. The van der Waals surface area contributed by atoms with Gasteiger partial charge in [0.25, 0.3) is 5.91 Å². The van der Waals surface area contributed by atoms with Crippen LogP contribution in [0.1, 0.15) is 56.2 Å². The highest BCUT2D eigenvalue weighted by molar-refractivity contribution is 7.14. The van der Waals surface area contributed by atoms with Crippen LogP contribution in [-0.4, -0.2) is 38.8 Å². The van der Waals surface area contributed by atoms with Crippen molar-refractivity contribution in [3.05, 3.63) is 86.8 Å². The summed E-state index contributed by atoms with van der Waals surface area (Å²) in [6.07, 6.45) is 2.87. The minimum absolute atomic E-state index is 0.0342. The number of Topliss-reactive ketones (excluding diaryl/α,β-unsaturated/α-hetero) is 1. The van der Waals surface area contributed by atoms with Gasteiger partial charge in [-0.25, -0.2) is 9.78 Å². The third-order valence-electron chi connectivity index (χ3n) is 5.29. The Bertz CT molecular complexity index is 1300. The van der Waals surface area contributed by atoms with E-state index in [1.807, 2.05) is 0 Å². The summed E-state index contributed by atoms with van der Waals surface area (Å²) in [5, 5.41) is 11.6. The average molecular weight is 478 g/mol. The average Bonchev–Trinajstić information content (AvgIpc) is 3.29. The van der Waals surface area contributed by atoms with Gasteiger partial charge in [0, 0.05) is 18.1 Å². The topological polar surface area (TPSA) is 110 Å². The van der Waals surface area contributed by atoms with E-state index < -0.39 is 29.5 Å². The Morgan fingerprint density at radius 1 is 1.15 bits per heavy atom. The molecule has 1 unspecified atom stereocenters. The molecule has 3 heterocycles. The van der Waals surface area contributed by atoms with Crippen LogP contribution < -0.4 is 4.90 Å². The van der Waals surface area contributed by atoms with Crippen LogP contribution in [0.3, 0.4) is 0 Å². The van der Waals surface area contributed by atoms with Gasteiger partial charge in [0.1, 0.15) is 0 Å². The quantitative estimate of drug-likeness (QED) is 0.411. The fraction of sp³-hybridized carbons (Fsp3) is 0.240. The molecule has 1 N–H and O–H groups in total. The molecule has 4 rings (SSSR count). The van der Waals surface area contributed by atoms with Crippen molar-refractivity contribution in [1.29, 1.82) is 0 Å². The number of ketones is 1. The molecule has 1 aliphatic rings. The predicted molar refractivity (Wildman–Crippen MR) is 127 cm³/mol. The van der Waals surface area contributed by atoms with Crippen molar-refractivity contribution in [1.82, 2.24) is 9.97 Å². The second-order valence-corrected chi connectivity index (χ2v) is 9.31. The Kier molecular flexibility index (Phi) is 6.30. The standard InChI is InChI=1S/C25H23N3O5S/c1-13(2)33-25(32)16-7-9-18(10-8-16)28-20(17-6-5-11-26-12-17)19(22(30)24(28)31)21(29)23-14(3)27-15(4)34-23/h5-13,20,30H,1-4H3. The van der Waals surface area contributed by atoms with E-state index >= 15 is 0 Å². The SMILES string of the molecule is Cc1nc(C)c(C(=O)C2=C(O)C(=O)N(c3ccc(C(=O)OC(C)C)cc3)C2c2cccnc2)s1. The smallest absolute Gasteiger partial charge is 0.338 e. The zero-order valence-electron chi connectivity index (χ0n) is 19.1. The van der Waals surface area contributed by atoms with Gasteiger partial charge < -0.3 is 9.84 Å². The number of hydrogen-bond donors (Lipinski definition) is 1. The van der Waals surface area contributed by atoms with Gasteiger partial charge in [-0.15, -0.1) is 11.3 Å². The number of amides is 1. The summed E-state index contributed by atoms with van der Waals surface area (Å²) in [6, 6.07) is 8.79. The minimum Gasteiger partial charge on any atom is -0.503 e. The molecular weight excluding hydrogens is 454 g/mol. The fourth-order valence-electron chi connectivity index (χ4n) is 3.86. The predicted octanol–water partition coefficient (Wildman–Crippen LogP) is 4.50. The summed E-state index contributed by atoms with van der Waals surface area (Å²) in [5.74, 6) is -2.27. The lowest BCUT2D eigenvalue weighted by molar-refractivity contribution is -0.117. The largest absolute Gasteiger partial charge is 0.503 e. The highest BCUT2D eigenvalue weighted by Crippen LogP contribution is 2.42. The second-order valence-electron chi connectivity index (χ2n) is 8.10. The van der Waals surface area contributed by atoms with Crippen LogP contribution >= 0.6 is 11.3 Å². The van der Waals surface area contributed by atoms with Crippen molar-refractivity contribution in [3.8, 4) is 0 Å². The maximum absolute atomic E-state index is 13.5. The van der Waals surface area contributed by atoms with Crippen LogP contribution in [0.15, 0.2) is 60.1 Å². The van der Waals surface area contributed by atoms with E-state index in [9.17, 15) is 19.5 Å². The van der Waals surface area contributed by atoms with Crippen LogP contribution in [0.25, 0.3) is 0 Å². The van der Waals surface area contributed by atoms with Crippen molar-refractivity contribution in [3.63, 3.8) is 0 Å². The number of thiazole rings is 1. The molecule has 1 amide bonds. The van der Waals surface area contributed by atoms with Crippen LogP contribution in [0.4, 0.5) is 5.69 Å². The number of aromatic nitrogens is 2. The molecule has 3 aromatic rings. The lowest BCUT2D eigenvalue weighted by Crippen LogP contribution is -2.31. The number of nitrogens with zero attached hydrogens (tertiary/aromatic N) is 3. The number of aliphatic hydroxyl groups is 1. The lowest BCUT2D eigenvalue weighted by atomic mass is 9.96. The Hall–Kier alpha value is -3.85.